The highest BCUT2D eigenvalue weighted by atomic mass is 15.2. The molecule has 1 aliphatic carbocycles. The summed E-state index contributed by atoms with van der Waals surface area (Å²) in [6.07, 6.45) is 5.31. The molecule has 0 spiro atoms. The third-order valence-corrected chi connectivity index (χ3v) is 3.61. The second-order valence-electron chi connectivity index (χ2n) is 5.40. The quantitative estimate of drug-likeness (QED) is 0.709. The minimum Gasteiger partial charge on any atom is -0.314 e. The largest absolute Gasteiger partial charge is 0.314 e. The molecule has 3 nitrogen and oxygen atoms in total. The van der Waals surface area contributed by atoms with Crippen molar-refractivity contribution in [3.63, 3.8) is 0 Å². The molecule has 1 saturated carbocycles. The van der Waals surface area contributed by atoms with E-state index in [-0.39, 0.29) is 0 Å². The van der Waals surface area contributed by atoms with Crippen molar-refractivity contribution < 1.29 is 0 Å². The molecule has 16 heavy (non-hydrogen) atoms. The molecule has 96 valence electrons. The lowest BCUT2D eigenvalue weighted by atomic mass is 10.2. The molecular formula is C13H29N3. The number of rotatable bonds is 7. The molecule has 0 bridgehead atoms. The zero-order valence-electron chi connectivity index (χ0n) is 11.5. The fraction of sp³-hybridized carbons (Fsp3) is 1.00. The minimum absolute atomic E-state index is 0.770. The summed E-state index contributed by atoms with van der Waals surface area (Å²) in [6.45, 7) is 5.78. The summed E-state index contributed by atoms with van der Waals surface area (Å²) >= 11 is 0. The number of hydrogen-bond donors (Lipinski definition) is 1. The van der Waals surface area contributed by atoms with Gasteiger partial charge in [0.2, 0.25) is 0 Å². The molecule has 0 aliphatic heterocycles. The Kier molecular flexibility index (Phi) is 6.32. The van der Waals surface area contributed by atoms with Crippen molar-refractivity contribution in [1.29, 1.82) is 0 Å². The maximum atomic E-state index is 3.64. The third kappa shape index (κ3) is 4.81. The zero-order chi connectivity index (χ0) is 12.0. The average molecular weight is 227 g/mol. The predicted octanol–water partition coefficient (Wildman–Crippen LogP) is 1.40. The molecule has 1 fully saturated rings. The van der Waals surface area contributed by atoms with E-state index in [4.69, 9.17) is 0 Å². The molecule has 0 aromatic heterocycles. The van der Waals surface area contributed by atoms with E-state index in [0.29, 0.717) is 0 Å². The lowest BCUT2D eigenvalue weighted by Gasteiger charge is -2.26. The molecule has 0 aromatic carbocycles. The van der Waals surface area contributed by atoms with Gasteiger partial charge in [-0.05, 0) is 53.4 Å². The normalized spacial score (nSPS) is 25.9. The van der Waals surface area contributed by atoms with Gasteiger partial charge in [-0.2, -0.15) is 0 Å². The van der Waals surface area contributed by atoms with Gasteiger partial charge in [-0.3, -0.25) is 0 Å². The van der Waals surface area contributed by atoms with Gasteiger partial charge in [0.05, 0.1) is 0 Å². The van der Waals surface area contributed by atoms with Crippen LogP contribution in [0.2, 0.25) is 0 Å². The first-order valence-corrected chi connectivity index (χ1v) is 6.71. The summed E-state index contributed by atoms with van der Waals surface area (Å²) in [5.41, 5.74) is 0. The van der Waals surface area contributed by atoms with Gasteiger partial charge >= 0.3 is 0 Å². The predicted molar refractivity (Wildman–Crippen MR) is 70.9 cm³/mol. The number of likely N-dealkylation sites (N-methyl/N-ethyl adjacent to an activating group) is 2. The van der Waals surface area contributed by atoms with Crippen LogP contribution in [-0.2, 0) is 0 Å². The number of nitrogens with zero attached hydrogens (tertiary/aromatic N) is 2. The Morgan fingerprint density at radius 1 is 1.12 bits per heavy atom. The lowest BCUT2D eigenvalue weighted by Crippen LogP contribution is -2.37. The van der Waals surface area contributed by atoms with Crippen LogP contribution in [0.5, 0.6) is 0 Å². The van der Waals surface area contributed by atoms with E-state index in [1.807, 2.05) is 0 Å². The highest BCUT2D eigenvalue weighted by Gasteiger charge is 2.26. The van der Waals surface area contributed by atoms with Gasteiger partial charge < -0.3 is 15.1 Å². The third-order valence-electron chi connectivity index (χ3n) is 3.61. The Hall–Kier alpha value is -0.120. The first-order valence-electron chi connectivity index (χ1n) is 6.71. The van der Waals surface area contributed by atoms with Gasteiger partial charge in [-0.25, -0.2) is 0 Å². The Balaban J connectivity index is 2.18. The van der Waals surface area contributed by atoms with Crippen molar-refractivity contribution in [2.45, 2.75) is 44.7 Å². The first-order chi connectivity index (χ1) is 7.63. The standard InChI is InChI=1S/C13H29N3/c1-5-8-14-12-6-7-13(11-12)16(4)10-9-15(2)3/h12-14H,5-11H2,1-4H3. The van der Waals surface area contributed by atoms with Crippen LogP contribution in [0, 0.1) is 0 Å². The summed E-state index contributed by atoms with van der Waals surface area (Å²) < 4.78 is 0. The summed E-state index contributed by atoms with van der Waals surface area (Å²) in [7, 11) is 6.57. The summed E-state index contributed by atoms with van der Waals surface area (Å²) in [5.74, 6) is 0. The second-order valence-corrected chi connectivity index (χ2v) is 5.40. The maximum absolute atomic E-state index is 3.64. The van der Waals surface area contributed by atoms with Gasteiger partial charge in [0.15, 0.2) is 0 Å². The van der Waals surface area contributed by atoms with Crippen LogP contribution in [0.4, 0.5) is 0 Å². The van der Waals surface area contributed by atoms with E-state index in [0.717, 1.165) is 12.1 Å². The van der Waals surface area contributed by atoms with Gasteiger partial charge in [-0.15, -0.1) is 0 Å². The van der Waals surface area contributed by atoms with Crippen LogP contribution >= 0.6 is 0 Å². The Morgan fingerprint density at radius 3 is 2.50 bits per heavy atom. The van der Waals surface area contributed by atoms with Crippen LogP contribution < -0.4 is 5.32 Å². The van der Waals surface area contributed by atoms with Gasteiger partial charge in [-0.1, -0.05) is 6.92 Å². The maximum Gasteiger partial charge on any atom is 0.0109 e. The SMILES string of the molecule is CCCNC1CCC(N(C)CCN(C)C)C1. The molecule has 0 amide bonds. The van der Waals surface area contributed by atoms with Crippen molar-refractivity contribution in [1.82, 2.24) is 15.1 Å². The minimum atomic E-state index is 0.770. The summed E-state index contributed by atoms with van der Waals surface area (Å²) in [5, 5.41) is 3.64. The van der Waals surface area contributed by atoms with E-state index in [9.17, 15) is 0 Å². The molecule has 0 heterocycles. The second kappa shape index (κ2) is 7.25. The fourth-order valence-electron chi connectivity index (χ4n) is 2.43. The molecule has 2 unspecified atom stereocenters. The molecule has 1 rings (SSSR count). The van der Waals surface area contributed by atoms with Gasteiger partial charge in [0, 0.05) is 25.2 Å². The monoisotopic (exact) mass is 227 g/mol. The van der Waals surface area contributed by atoms with Crippen LogP contribution in [0.25, 0.3) is 0 Å². The molecule has 1 aliphatic rings. The topological polar surface area (TPSA) is 18.5 Å². The highest BCUT2D eigenvalue weighted by Crippen LogP contribution is 2.23. The Bertz CT molecular complexity index is 182. The van der Waals surface area contributed by atoms with Gasteiger partial charge in [0.1, 0.15) is 0 Å². The van der Waals surface area contributed by atoms with Crippen molar-refractivity contribution in [2.75, 3.05) is 40.8 Å². The van der Waals surface area contributed by atoms with Crippen molar-refractivity contribution in [2.24, 2.45) is 0 Å². The molecular weight excluding hydrogens is 198 g/mol. The number of hydrogen-bond acceptors (Lipinski definition) is 3. The highest BCUT2D eigenvalue weighted by molar-refractivity contribution is 4.85. The van der Waals surface area contributed by atoms with Crippen molar-refractivity contribution in [3.8, 4) is 0 Å². The molecule has 0 aromatic rings. The first kappa shape index (κ1) is 13.9. The molecule has 3 heteroatoms. The number of nitrogens with one attached hydrogen (secondary N) is 1. The zero-order valence-corrected chi connectivity index (χ0v) is 11.5. The van der Waals surface area contributed by atoms with E-state index >= 15 is 0 Å². The van der Waals surface area contributed by atoms with Crippen molar-refractivity contribution in [3.05, 3.63) is 0 Å². The van der Waals surface area contributed by atoms with Crippen LogP contribution in [0.15, 0.2) is 0 Å². The Morgan fingerprint density at radius 2 is 1.88 bits per heavy atom. The van der Waals surface area contributed by atoms with E-state index < -0.39 is 0 Å². The van der Waals surface area contributed by atoms with Gasteiger partial charge in [0.25, 0.3) is 0 Å². The van der Waals surface area contributed by atoms with Crippen LogP contribution in [-0.4, -0.2) is 62.7 Å². The fourth-order valence-corrected chi connectivity index (χ4v) is 2.43. The van der Waals surface area contributed by atoms with E-state index in [2.05, 4.69) is 43.2 Å². The lowest BCUT2D eigenvalue weighted by molar-refractivity contribution is 0.217. The summed E-state index contributed by atoms with van der Waals surface area (Å²) in [4.78, 5) is 4.80. The van der Waals surface area contributed by atoms with E-state index in [1.165, 1.54) is 45.3 Å². The molecule has 2 atom stereocenters. The van der Waals surface area contributed by atoms with Crippen LogP contribution in [0.1, 0.15) is 32.6 Å². The smallest absolute Gasteiger partial charge is 0.0109 e. The van der Waals surface area contributed by atoms with Crippen LogP contribution in [0.3, 0.4) is 0 Å². The Labute approximate surface area is 101 Å². The molecule has 0 radical (unpaired) electrons. The molecule has 0 saturated heterocycles. The van der Waals surface area contributed by atoms with Crippen molar-refractivity contribution >= 4 is 0 Å². The van der Waals surface area contributed by atoms with E-state index in [1.54, 1.807) is 0 Å². The molecule has 1 N–H and O–H groups in total. The summed E-state index contributed by atoms with van der Waals surface area (Å²) in [6, 6.07) is 1.57. The average Bonchev–Trinajstić information content (AvgIpc) is 2.71.